The average molecular weight is 459 g/mol. The predicted octanol–water partition coefficient (Wildman–Crippen LogP) is 3.10. The van der Waals surface area contributed by atoms with E-state index >= 15 is 0 Å². The smallest absolute Gasteiger partial charge is 0.262 e. The Morgan fingerprint density at radius 2 is 1.74 bits per heavy atom. The molecular weight excluding hydrogens is 428 g/mol. The zero-order valence-electron chi connectivity index (χ0n) is 19.7. The number of rotatable bonds is 6. The summed E-state index contributed by atoms with van der Waals surface area (Å²) in [6.45, 7) is 5.26. The Hall–Kier alpha value is -3.52. The van der Waals surface area contributed by atoms with Crippen LogP contribution in [0.1, 0.15) is 42.4 Å². The number of aryl methyl sites for hydroxylation is 1. The highest BCUT2D eigenvalue weighted by Crippen LogP contribution is 2.22. The minimum Gasteiger partial charge on any atom is -0.339 e. The lowest BCUT2D eigenvalue weighted by molar-refractivity contribution is 0.0603. The molecule has 0 bridgehead atoms. The molecule has 0 N–H and O–H groups in total. The second-order valence-corrected chi connectivity index (χ2v) is 8.99. The molecule has 34 heavy (non-hydrogen) atoms. The van der Waals surface area contributed by atoms with Crippen molar-refractivity contribution in [2.24, 2.45) is 7.05 Å². The van der Waals surface area contributed by atoms with Crippen LogP contribution in [0.15, 0.2) is 59.4 Å². The van der Waals surface area contributed by atoms with Crippen LogP contribution in [0.4, 0.5) is 0 Å². The number of hydrogen-bond donors (Lipinski definition) is 0. The van der Waals surface area contributed by atoms with Crippen molar-refractivity contribution in [3.63, 3.8) is 0 Å². The lowest BCUT2D eigenvalue weighted by Crippen LogP contribution is -2.47. The molecule has 8 heteroatoms. The maximum atomic E-state index is 12.9. The molecule has 0 atom stereocenters. The molecule has 0 saturated carbocycles. The molecule has 176 valence electrons. The maximum absolute atomic E-state index is 12.9. The highest BCUT2D eigenvalue weighted by atomic mass is 16.2. The SMILES string of the molecule is CCCN(Cc1nnc2n(C)c(=O)c3ccccc3n12)C1CCN(C(=O)c2ccccc2)CC1. The van der Waals surface area contributed by atoms with Crippen LogP contribution < -0.4 is 5.56 Å². The second-order valence-electron chi connectivity index (χ2n) is 8.99. The number of carbonyl (C=O) groups is 1. The van der Waals surface area contributed by atoms with E-state index in [4.69, 9.17) is 0 Å². The molecule has 2 aromatic carbocycles. The highest BCUT2D eigenvalue weighted by molar-refractivity contribution is 5.94. The first-order valence-corrected chi connectivity index (χ1v) is 12.0. The van der Waals surface area contributed by atoms with Gasteiger partial charge in [0.15, 0.2) is 5.82 Å². The number of piperidine rings is 1. The van der Waals surface area contributed by atoms with Crippen LogP contribution in [-0.2, 0) is 13.6 Å². The minimum atomic E-state index is -0.0667. The number of likely N-dealkylation sites (tertiary alicyclic amines) is 1. The van der Waals surface area contributed by atoms with E-state index in [1.807, 2.05) is 63.9 Å². The zero-order chi connectivity index (χ0) is 23.7. The Morgan fingerprint density at radius 1 is 1.03 bits per heavy atom. The minimum absolute atomic E-state index is 0.0667. The summed E-state index contributed by atoms with van der Waals surface area (Å²) >= 11 is 0. The van der Waals surface area contributed by atoms with Crippen LogP contribution in [0.5, 0.6) is 0 Å². The van der Waals surface area contributed by atoms with Gasteiger partial charge in [-0.05, 0) is 50.1 Å². The van der Waals surface area contributed by atoms with Crippen molar-refractivity contribution in [3.8, 4) is 0 Å². The summed E-state index contributed by atoms with van der Waals surface area (Å²) in [6.07, 6.45) is 2.88. The Kier molecular flexibility index (Phi) is 6.15. The number of carbonyl (C=O) groups excluding carboxylic acids is 1. The van der Waals surface area contributed by atoms with Crippen molar-refractivity contribution in [2.45, 2.75) is 38.8 Å². The van der Waals surface area contributed by atoms with Gasteiger partial charge >= 0.3 is 0 Å². The summed E-state index contributed by atoms with van der Waals surface area (Å²) < 4.78 is 3.57. The summed E-state index contributed by atoms with van der Waals surface area (Å²) in [7, 11) is 1.74. The number of aromatic nitrogens is 4. The molecule has 0 unspecified atom stereocenters. The normalized spacial score (nSPS) is 15.0. The number of hydrogen-bond acceptors (Lipinski definition) is 5. The first-order valence-electron chi connectivity index (χ1n) is 12.0. The lowest BCUT2D eigenvalue weighted by Gasteiger charge is -2.38. The predicted molar refractivity (Wildman–Crippen MR) is 132 cm³/mol. The number of para-hydroxylation sites is 1. The number of benzene rings is 2. The third-order valence-electron chi connectivity index (χ3n) is 6.84. The summed E-state index contributed by atoms with van der Waals surface area (Å²) in [5.74, 6) is 1.49. The van der Waals surface area contributed by atoms with Gasteiger partial charge in [0.1, 0.15) is 0 Å². The molecule has 4 aromatic rings. The van der Waals surface area contributed by atoms with Gasteiger partial charge in [0.25, 0.3) is 11.5 Å². The third-order valence-corrected chi connectivity index (χ3v) is 6.84. The Morgan fingerprint density at radius 3 is 2.47 bits per heavy atom. The molecule has 5 rings (SSSR count). The molecule has 3 heterocycles. The molecule has 0 spiro atoms. The van der Waals surface area contributed by atoms with Crippen molar-refractivity contribution in [1.82, 2.24) is 29.0 Å². The van der Waals surface area contributed by atoms with E-state index in [-0.39, 0.29) is 11.5 Å². The summed E-state index contributed by atoms with van der Waals surface area (Å²) in [4.78, 5) is 30.0. The van der Waals surface area contributed by atoms with Gasteiger partial charge in [-0.25, -0.2) is 0 Å². The molecule has 0 radical (unpaired) electrons. The molecule has 8 nitrogen and oxygen atoms in total. The summed E-state index contributed by atoms with van der Waals surface area (Å²) in [5, 5.41) is 9.51. The molecule has 1 saturated heterocycles. The number of amides is 1. The quantitative estimate of drug-likeness (QED) is 0.444. The van der Waals surface area contributed by atoms with Crippen molar-refractivity contribution >= 4 is 22.6 Å². The fraction of sp³-hybridized carbons (Fsp3) is 0.385. The summed E-state index contributed by atoms with van der Waals surface area (Å²) in [6, 6.07) is 17.5. The lowest BCUT2D eigenvalue weighted by atomic mass is 10.0. The van der Waals surface area contributed by atoms with Gasteiger partial charge in [-0.3, -0.25) is 23.5 Å². The van der Waals surface area contributed by atoms with Gasteiger partial charge in [-0.2, -0.15) is 0 Å². The van der Waals surface area contributed by atoms with Crippen molar-refractivity contribution in [1.29, 1.82) is 0 Å². The van der Waals surface area contributed by atoms with Crippen LogP contribution >= 0.6 is 0 Å². The average Bonchev–Trinajstić information content (AvgIpc) is 3.31. The van der Waals surface area contributed by atoms with Gasteiger partial charge in [-0.15, -0.1) is 10.2 Å². The molecular formula is C26H30N6O2. The fourth-order valence-electron chi connectivity index (χ4n) is 5.05. The largest absolute Gasteiger partial charge is 0.339 e. The highest BCUT2D eigenvalue weighted by Gasteiger charge is 2.28. The topological polar surface area (TPSA) is 75.7 Å². The van der Waals surface area contributed by atoms with E-state index in [0.29, 0.717) is 23.8 Å². The van der Waals surface area contributed by atoms with Crippen LogP contribution in [0.2, 0.25) is 0 Å². The first kappa shape index (κ1) is 22.3. The molecule has 1 aliphatic rings. The van der Waals surface area contributed by atoms with Crippen LogP contribution in [0.25, 0.3) is 16.7 Å². The number of nitrogens with zero attached hydrogens (tertiary/aromatic N) is 6. The standard InChI is InChI=1S/C26H30N6O2/c1-3-15-31(20-13-16-30(17-14-20)24(33)19-9-5-4-6-10-19)18-23-27-28-26-29(2)25(34)21-11-7-8-12-22(21)32(23)26/h4-12,20H,3,13-18H2,1-2H3. The van der Waals surface area contributed by atoms with Crippen molar-refractivity contribution in [3.05, 3.63) is 76.3 Å². The van der Waals surface area contributed by atoms with E-state index in [1.54, 1.807) is 11.6 Å². The van der Waals surface area contributed by atoms with Crippen molar-refractivity contribution < 1.29 is 4.79 Å². The third kappa shape index (κ3) is 3.98. The monoisotopic (exact) mass is 458 g/mol. The van der Waals surface area contributed by atoms with E-state index in [1.165, 1.54) is 0 Å². The molecule has 1 fully saturated rings. The molecule has 1 aliphatic heterocycles. The molecule has 2 aromatic heterocycles. The first-order chi connectivity index (χ1) is 16.6. The van der Waals surface area contributed by atoms with Crippen LogP contribution in [-0.4, -0.2) is 60.5 Å². The van der Waals surface area contributed by atoms with Gasteiger partial charge in [0.2, 0.25) is 5.78 Å². The fourth-order valence-corrected chi connectivity index (χ4v) is 5.05. The second kappa shape index (κ2) is 9.38. The number of fused-ring (bicyclic) bond motifs is 3. The Balaban J connectivity index is 1.38. The van der Waals surface area contributed by atoms with Crippen molar-refractivity contribution in [2.75, 3.05) is 19.6 Å². The van der Waals surface area contributed by atoms with E-state index in [2.05, 4.69) is 22.0 Å². The Labute approximate surface area is 198 Å². The Bertz CT molecular complexity index is 1370. The van der Waals surface area contributed by atoms with Crippen LogP contribution in [0.3, 0.4) is 0 Å². The van der Waals surface area contributed by atoms with E-state index < -0.39 is 0 Å². The van der Waals surface area contributed by atoms with Gasteiger partial charge in [0, 0.05) is 31.7 Å². The molecule has 1 amide bonds. The summed E-state index contributed by atoms with van der Waals surface area (Å²) in [5.41, 5.74) is 1.52. The van der Waals surface area contributed by atoms with Gasteiger partial charge in [-0.1, -0.05) is 37.3 Å². The molecule has 0 aliphatic carbocycles. The van der Waals surface area contributed by atoms with Gasteiger partial charge in [0.05, 0.1) is 17.4 Å². The van der Waals surface area contributed by atoms with E-state index in [9.17, 15) is 9.59 Å². The zero-order valence-corrected chi connectivity index (χ0v) is 19.7. The van der Waals surface area contributed by atoms with Gasteiger partial charge < -0.3 is 4.90 Å². The van der Waals surface area contributed by atoms with Crippen LogP contribution in [0, 0.1) is 0 Å². The maximum Gasteiger partial charge on any atom is 0.262 e. The van der Waals surface area contributed by atoms with E-state index in [0.717, 1.165) is 55.8 Å².